The van der Waals surface area contributed by atoms with Crippen LogP contribution in [0.5, 0.6) is 0 Å². The monoisotopic (exact) mass is 253 g/mol. The third kappa shape index (κ3) is 2.82. The Kier molecular flexibility index (Phi) is 3.65. The molecule has 2 saturated heterocycles. The summed E-state index contributed by atoms with van der Waals surface area (Å²) in [6.45, 7) is 8.06. The van der Waals surface area contributed by atoms with Crippen LogP contribution in [0.1, 0.15) is 12.1 Å². The van der Waals surface area contributed by atoms with Gasteiger partial charge in [0.25, 0.3) is 0 Å². The third-order valence-electron chi connectivity index (χ3n) is 3.71. The van der Waals surface area contributed by atoms with Crippen LogP contribution in [0.25, 0.3) is 0 Å². The summed E-state index contributed by atoms with van der Waals surface area (Å²) >= 11 is 1.45. The zero-order valence-corrected chi connectivity index (χ0v) is 10.8. The minimum absolute atomic E-state index is 0.753. The Balaban J connectivity index is 1.51. The summed E-state index contributed by atoms with van der Waals surface area (Å²) in [7, 11) is 0. The molecule has 3 heterocycles. The highest BCUT2D eigenvalue weighted by Gasteiger charge is 2.28. The minimum Gasteiger partial charge on any atom is -0.314 e. The highest BCUT2D eigenvalue weighted by atomic mass is 32.1. The summed E-state index contributed by atoms with van der Waals surface area (Å²) in [6, 6.07) is 0.753. The maximum Gasteiger partial charge on any atom is 0.0895 e. The van der Waals surface area contributed by atoms with E-state index in [1.54, 1.807) is 0 Å². The van der Waals surface area contributed by atoms with Gasteiger partial charge in [-0.2, -0.15) is 0 Å². The van der Waals surface area contributed by atoms with Gasteiger partial charge in [-0.05, 0) is 18.0 Å². The van der Waals surface area contributed by atoms with E-state index in [4.69, 9.17) is 0 Å². The summed E-state index contributed by atoms with van der Waals surface area (Å²) in [4.78, 5) is 5.14. The van der Waals surface area contributed by atoms with E-state index in [2.05, 4.69) is 30.1 Å². The van der Waals surface area contributed by atoms with Gasteiger partial charge in [0.15, 0.2) is 0 Å². The van der Waals surface area contributed by atoms with Crippen molar-refractivity contribution < 1.29 is 0 Å². The van der Waals surface area contributed by atoms with Crippen molar-refractivity contribution in [2.45, 2.75) is 19.0 Å². The van der Waals surface area contributed by atoms with Crippen molar-refractivity contribution >= 4 is 11.5 Å². The molecule has 1 unspecified atom stereocenters. The van der Waals surface area contributed by atoms with Gasteiger partial charge in [0.2, 0.25) is 0 Å². The van der Waals surface area contributed by atoms with Crippen molar-refractivity contribution in [2.75, 3.05) is 39.3 Å². The van der Waals surface area contributed by atoms with Gasteiger partial charge in [0.05, 0.1) is 5.69 Å². The Morgan fingerprint density at radius 1 is 1.35 bits per heavy atom. The Labute approximate surface area is 106 Å². The summed E-state index contributed by atoms with van der Waals surface area (Å²) in [5, 5.41) is 9.59. The van der Waals surface area contributed by atoms with E-state index in [0.29, 0.717) is 0 Å². The lowest BCUT2D eigenvalue weighted by molar-refractivity contribution is 0.170. The van der Waals surface area contributed by atoms with E-state index in [9.17, 15) is 0 Å². The fourth-order valence-corrected chi connectivity index (χ4v) is 3.23. The summed E-state index contributed by atoms with van der Waals surface area (Å²) in [6.07, 6.45) is 1.30. The molecule has 0 radical (unpaired) electrons. The van der Waals surface area contributed by atoms with E-state index in [0.717, 1.165) is 31.4 Å². The Morgan fingerprint density at radius 2 is 2.24 bits per heavy atom. The molecule has 2 fully saturated rings. The second-order valence-corrected chi connectivity index (χ2v) is 5.47. The molecule has 1 aromatic rings. The zero-order valence-electron chi connectivity index (χ0n) is 10.0. The molecule has 5 nitrogen and oxygen atoms in total. The van der Waals surface area contributed by atoms with Crippen molar-refractivity contribution in [1.29, 1.82) is 0 Å². The maximum atomic E-state index is 4.12. The quantitative estimate of drug-likeness (QED) is 0.822. The molecule has 0 spiro atoms. The molecule has 0 aliphatic carbocycles. The number of rotatable bonds is 3. The number of nitrogens with one attached hydrogen (secondary N) is 1. The molecule has 3 rings (SSSR count). The highest BCUT2D eigenvalue weighted by Crippen LogP contribution is 2.18. The number of aromatic nitrogens is 2. The Morgan fingerprint density at radius 3 is 3.00 bits per heavy atom. The normalized spacial score (nSPS) is 27.6. The van der Waals surface area contributed by atoms with Crippen molar-refractivity contribution in [2.24, 2.45) is 0 Å². The van der Waals surface area contributed by atoms with Gasteiger partial charge in [-0.25, -0.2) is 0 Å². The molecule has 0 bridgehead atoms. The summed E-state index contributed by atoms with van der Waals surface area (Å²) in [5.41, 5.74) is 1.12. The van der Waals surface area contributed by atoms with Crippen LogP contribution in [-0.2, 0) is 6.54 Å². The van der Waals surface area contributed by atoms with Gasteiger partial charge >= 0.3 is 0 Å². The topological polar surface area (TPSA) is 44.3 Å². The van der Waals surface area contributed by atoms with Crippen molar-refractivity contribution in [3.05, 3.63) is 11.1 Å². The fourth-order valence-electron chi connectivity index (χ4n) is 2.78. The summed E-state index contributed by atoms with van der Waals surface area (Å²) < 4.78 is 3.92. The Hall–Kier alpha value is -0.560. The molecule has 2 aliphatic heterocycles. The van der Waals surface area contributed by atoms with E-state index in [1.165, 1.54) is 44.1 Å². The molecule has 6 heteroatoms. The number of nitrogens with zero attached hydrogens (tertiary/aromatic N) is 4. The van der Waals surface area contributed by atoms with Gasteiger partial charge in [-0.3, -0.25) is 9.80 Å². The molecule has 1 atom stereocenters. The molecule has 1 N–H and O–H groups in total. The molecule has 1 aromatic heterocycles. The zero-order chi connectivity index (χ0) is 11.5. The first kappa shape index (κ1) is 11.5. The van der Waals surface area contributed by atoms with Gasteiger partial charge in [0, 0.05) is 57.2 Å². The Bertz CT molecular complexity index is 336. The highest BCUT2D eigenvalue weighted by molar-refractivity contribution is 7.03. The van der Waals surface area contributed by atoms with Crippen LogP contribution in [0.2, 0.25) is 0 Å². The van der Waals surface area contributed by atoms with E-state index >= 15 is 0 Å². The van der Waals surface area contributed by atoms with Gasteiger partial charge in [-0.15, -0.1) is 5.10 Å². The first-order valence-electron chi connectivity index (χ1n) is 6.35. The van der Waals surface area contributed by atoms with Crippen molar-refractivity contribution in [3.8, 4) is 0 Å². The van der Waals surface area contributed by atoms with Crippen LogP contribution in [-0.4, -0.2) is 64.7 Å². The average molecular weight is 253 g/mol. The predicted molar refractivity (Wildman–Crippen MR) is 68.0 cm³/mol. The predicted octanol–water partition coefficient (Wildman–Crippen LogP) is 0.0176. The van der Waals surface area contributed by atoms with Crippen LogP contribution < -0.4 is 5.32 Å². The van der Waals surface area contributed by atoms with Gasteiger partial charge < -0.3 is 5.32 Å². The van der Waals surface area contributed by atoms with Crippen LogP contribution in [0.15, 0.2) is 5.38 Å². The van der Waals surface area contributed by atoms with E-state index in [1.807, 2.05) is 0 Å². The first-order valence-corrected chi connectivity index (χ1v) is 7.18. The van der Waals surface area contributed by atoms with Crippen molar-refractivity contribution in [1.82, 2.24) is 24.7 Å². The van der Waals surface area contributed by atoms with Crippen LogP contribution in [0.3, 0.4) is 0 Å². The largest absolute Gasteiger partial charge is 0.314 e. The average Bonchev–Trinajstić information content (AvgIpc) is 3.02. The van der Waals surface area contributed by atoms with Crippen LogP contribution >= 0.6 is 11.5 Å². The molecular formula is C11H19N5S. The molecular weight excluding hydrogens is 234 g/mol. The van der Waals surface area contributed by atoms with Gasteiger partial charge in [0.1, 0.15) is 0 Å². The number of likely N-dealkylation sites (tertiary alicyclic amines) is 1. The molecule has 0 aromatic carbocycles. The van der Waals surface area contributed by atoms with Crippen LogP contribution in [0, 0.1) is 0 Å². The second-order valence-electron chi connectivity index (χ2n) is 4.86. The SMILES string of the molecule is c1snnc1CN1CCC(N2CCNCC2)C1. The molecule has 0 amide bonds. The standard InChI is InChI=1S/C11H19N5S/c1-4-15(7-10-9-17-14-13-10)8-11(1)16-5-2-12-3-6-16/h9,11-12H,1-8H2. The van der Waals surface area contributed by atoms with Crippen LogP contribution in [0.4, 0.5) is 0 Å². The maximum absolute atomic E-state index is 4.12. The first-order chi connectivity index (χ1) is 8.42. The number of hydrogen-bond acceptors (Lipinski definition) is 6. The van der Waals surface area contributed by atoms with E-state index < -0.39 is 0 Å². The molecule has 0 saturated carbocycles. The van der Waals surface area contributed by atoms with Crippen molar-refractivity contribution in [3.63, 3.8) is 0 Å². The molecule has 2 aliphatic rings. The lowest BCUT2D eigenvalue weighted by Crippen LogP contribution is -2.49. The third-order valence-corrected chi connectivity index (χ3v) is 4.26. The van der Waals surface area contributed by atoms with E-state index in [-0.39, 0.29) is 0 Å². The molecule has 94 valence electrons. The van der Waals surface area contributed by atoms with Gasteiger partial charge in [-0.1, -0.05) is 4.49 Å². The minimum atomic E-state index is 0.753. The lowest BCUT2D eigenvalue weighted by atomic mass is 10.2. The summed E-state index contributed by atoms with van der Waals surface area (Å²) in [5.74, 6) is 0. The number of piperazine rings is 1. The second kappa shape index (κ2) is 5.39. The molecule has 17 heavy (non-hydrogen) atoms. The smallest absolute Gasteiger partial charge is 0.0895 e. The fraction of sp³-hybridized carbons (Fsp3) is 0.818. The lowest BCUT2D eigenvalue weighted by Gasteiger charge is -2.32. The number of hydrogen-bond donors (Lipinski definition) is 1.